The number of ether oxygens (including phenoxy) is 1. The topological polar surface area (TPSA) is 49.8 Å². The van der Waals surface area contributed by atoms with Crippen LogP contribution in [0.15, 0.2) is 0 Å². The molecular formula is C13H22F3NO3. The Bertz CT molecular complexity index is 361. The Kier molecular flexibility index (Phi) is 4.63. The molecule has 0 aromatic rings. The van der Waals surface area contributed by atoms with E-state index >= 15 is 0 Å². The van der Waals surface area contributed by atoms with E-state index in [-0.39, 0.29) is 13.0 Å². The predicted octanol–water partition coefficient (Wildman–Crippen LogP) is 2.95. The highest BCUT2D eigenvalue weighted by molar-refractivity contribution is 5.68. The zero-order chi connectivity index (χ0) is 15.8. The highest BCUT2D eigenvalue weighted by Crippen LogP contribution is 2.39. The molecule has 0 aliphatic carbocycles. The summed E-state index contributed by atoms with van der Waals surface area (Å²) in [6.45, 7) is 6.03. The third-order valence-electron chi connectivity index (χ3n) is 3.44. The number of halogens is 3. The van der Waals surface area contributed by atoms with Crippen molar-refractivity contribution >= 4 is 6.09 Å². The summed E-state index contributed by atoms with van der Waals surface area (Å²) < 4.78 is 43.6. The van der Waals surface area contributed by atoms with Crippen molar-refractivity contribution in [2.45, 2.75) is 57.9 Å². The lowest BCUT2D eigenvalue weighted by atomic mass is 9.82. The van der Waals surface area contributed by atoms with Crippen LogP contribution in [0.2, 0.25) is 0 Å². The predicted molar refractivity (Wildman–Crippen MR) is 67.2 cm³/mol. The molecule has 20 heavy (non-hydrogen) atoms. The lowest BCUT2D eigenvalue weighted by molar-refractivity contribution is -0.275. The minimum absolute atomic E-state index is 0.151. The van der Waals surface area contributed by atoms with Crippen molar-refractivity contribution in [2.75, 3.05) is 13.1 Å². The molecule has 0 spiro atoms. The van der Waals surface area contributed by atoms with Crippen molar-refractivity contribution in [3.63, 3.8) is 0 Å². The van der Waals surface area contributed by atoms with Gasteiger partial charge in [0.05, 0.1) is 0 Å². The van der Waals surface area contributed by atoms with Crippen molar-refractivity contribution in [1.29, 1.82) is 0 Å². The Morgan fingerprint density at radius 2 is 1.80 bits per heavy atom. The number of aliphatic hydroxyl groups is 1. The molecule has 0 bridgehead atoms. The van der Waals surface area contributed by atoms with Crippen molar-refractivity contribution in [2.24, 2.45) is 5.92 Å². The summed E-state index contributed by atoms with van der Waals surface area (Å²) in [5, 5.41) is 9.70. The number of alkyl halides is 3. The van der Waals surface area contributed by atoms with Crippen LogP contribution in [0.25, 0.3) is 0 Å². The van der Waals surface area contributed by atoms with Crippen LogP contribution in [0.3, 0.4) is 0 Å². The van der Waals surface area contributed by atoms with Crippen LogP contribution in [0.4, 0.5) is 18.0 Å². The van der Waals surface area contributed by atoms with E-state index in [0.29, 0.717) is 13.0 Å². The summed E-state index contributed by atoms with van der Waals surface area (Å²) in [5.41, 5.74) is -3.50. The van der Waals surface area contributed by atoms with E-state index in [2.05, 4.69) is 0 Å². The molecular weight excluding hydrogens is 275 g/mol. The molecule has 7 heteroatoms. The summed E-state index contributed by atoms with van der Waals surface area (Å²) >= 11 is 0. The van der Waals surface area contributed by atoms with E-state index in [1.165, 1.54) is 4.90 Å². The number of carbonyl (C=O) groups is 1. The van der Waals surface area contributed by atoms with Crippen molar-refractivity contribution in [3.05, 3.63) is 0 Å². The standard InChI is InChI=1S/C13H22F3NO3/c1-11(2,3)20-10(18)17-7-5-6-9(8-17)12(4,19)13(14,15)16/h9,19H,5-8H2,1-4H3/t9-,12-/m0/s1. The Morgan fingerprint density at radius 1 is 1.25 bits per heavy atom. The van der Waals surface area contributed by atoms with Gasteiger partial charge in [0.1, 0.15) is 5.60 Å². The zero-order valence-electron chi connectivity index (χ0n) is 12.3. The number of amides is 1. The first kappa shape index (κ1) is 17.1. The molecule has 0 unspecified atom stereocenters. The Morgan fingerprint density at radius 3 is 2.25 bits per heavy atom. The number of hydrogen-bond acceptors (Lipinski definition) is 3. The highest BCUT2D eigenvalue weighted by atomic mass is 19.4. The maximum atomic E-state index is 12.8. The largest absolute Gasteiger partial charge is 0.444 e. The van der Waals surface area contributed by atoms with Gasteiger partial charge in [0, 0.05) is 19.0 Å². The van der Waals surface area contributed by atoms with Crippen molar-refractivity contribution in [3.8, 4) is 0 Å². The van der Waals surface area contributed by atoms with E-state index in [0.717, 1.165) is 6.92 Å². The molecule has 0 aromatic heterocycles. The van der Waals surface area contributed by atoms with Gasteiger partial charge in [0.15, 0.2) is 5.60 Å². The third-order valence-corrected chi connectivity index (χ3v) is 3.44. The second kappa shape index (κ2) is 5.42. The van der Waals surface area contributed by atoms with Crippen LogP contribution in [0.5, 0.6) is 0 Å². The molecule has 1 rings (SSSR count). The van der Waals surface area contributed by atoms with Gasteiger partial charge in [-0.15, -0.1) is 0 Å². The number of nitrogens with zero attached hydrogens (tertiary/aromatic N) is 1. The molecule has 2 atom stereocenters. The lowest BCUT2D eigenvalue weighted by Gasteiger charge is -2.41. The van der Waals surface area contributed by atoms with Gasteiger partial charge in [-0.1, -0.05) is 0 Å². The lowest BCUT2D eigenvalue weighted by Crippen LogP contribution is -2.55. The fraction of sp³-hybridized carbons (Fsp3) is 0.923. The molecule has 1 heterocycles. The van der Waals surface area contributed by atoms with E-state index in [4.69, 9.17) is 4.74 Å². The fourth-order valence-corrected chi connectivity index (χ4v) is 2.16. The molecule has 118 valence electrons. The minimum atomic E-state index is -4.71. The van der Waals surface area contributed by atoms with E-state index in [1.54, 1.807) is 20.8 Å². The van der Waals surface area contributed by atoms with E-state index in [9.17, 15) is 23.1 Å². The van der Waals surface area contributed by atoms with Crippen LogP contribution in [0, 0.1) is 5.92 Å². The van der Waals surface area contributed by atoms with Gasteiger partial charge in [0.25, 0.3) is 0 Å². The first-order valence-corrected chi connectivity index (χ1v) is 6.61. The number of rotatable bonds is 1. The molecule has 1 aliphatic rings. The Balaban J connectivity index is 2.75. The molecule has 1 saturated heterocycles. The summed E-state index contributed by atoms with van der Waals surface area (Å²) in [4.78, 5) is 13.1. The van der Waals surface area contributed by atoms with Crippen LogP contribution < -0.4 is 0 Å². The molecule has 1 aliphatic heterocycles. The van der Waals surface area contributed by atoms with Gasteiger partial charge < -0.3 is 14.7 Å². The number of likely N-dealkylation sites (tertiary alicyclic amines) is 1. The van der Waals surface area contributed by atoms with Crippen LogP contribution in [-0.2, 0) is 4.74 Å². The maximum Gasteiger partial charge on any atom is 0.417 e. The summed E-state index contributed by atoms with van der Waals surface area (Å²) in [7, 11) is 0. The Hall–Kier alpha value is -0.980. The minimum Gasteiger partial charge on any atom is -0.444 e. The quantitative estimate of drug-likeness (QED) is 0.809. The first-order valence-electron chi connectivity index (χ1n) is 6.61. The monoisotopic (exact) mass is 297 g/mol. The van der Waals surface area contributed by atoms with Crippen molar-refractivity contribution in [1.82, 2.24) is 4.90 Å². The summed E-state index contributed by atoms with van der Waals surface area (Å²) in [6, 6.07) is 0. The van der Waals surface area contributed by atoms with Gasteiger partial charge in [-0.05, 0) is 40.5 Å². The highest BCUT2D eigenvalue weighted by Gasteiger charge is 2.55. The molecule has 0 radical (unpaired) electrons. The summed E-state index contributed by atoms with van der Waals surface area (Å²) in [6.07, 6.45) is -4.71. The van der Waals surface area contributed by atoms with Crippen LogP contribution in [0.1, 0.15) is 40.5 Å². The zero-order valence-corrected chi connectivity index (χ0v) is 12.3. The smallest absolute Gasteiger partial charge is 0.417 e. The normalized spacial score (nSPS) is 24.2. The molecule has 0 saturated carbocycles. The van der Waals surface area contributed by atoms with Crippen molar-refractivity contribution < 1.29 is 27.8 Å². The van der Waals surface area contributed by atoms with Gasteiger partial charge >= 0.3 is 12.3 Å². The van der Waals surface area contributed by atoms with Gasteiger partial charge in [0.2, 0.25) is 0 Å². The molecule has 4 nitrogen and oxygen atoms in total. The average molecular weight is 297 g/mol. The number of carbonyl (C=O) groups excluding carboxylic acids is 1. The van der Waals surface area contributed by atoms with Gasteiger partial charge in [-0.25, -0.2) is 4.79 Å². The number of hydrogen-bond donors (Lipinski definition) is 1. The van der Waals surface area contributed by atoms with Crippen LogP contribution >= 0.6 is 0 Å². The van der Waals surface area contributed by atoms with Gasteiger partial charge in [-0.2, -0.15) is 13.2 Å². The number of piperidine rings is 1. The molecule has 0 aromatic carbocycles. The van der Waals surface area contributed by atoms with Gasteiger partial charge in [-0.3, -0.25) is 0 Å². The fourth-order valence-electron chi connectivity index (χ4n) is 2.16. The second-order valence-electron chi connectivity index (χ2n) is 6.41. The van der Waals surface area contributed by atoms with Crippen LogP contribution in [-0.4, -0.2) is 46.6 Å². The molecule has 1 fully saturated rings. The molecule has 1 amide bonds. The average Bonchev–Trinajstić information content (AvgIpc) is 2.25. The SMILES string of the molecule is CC(C)(C)OC(=O)N1CCC[C@H]([C@](C)(O)C(F)(F)F)C1. The Labute approximate surface area is 116 Å². The summed E-state index contributed by atoms with van der Waals surface area (Å²) in [5.74, 6) is -1.04. The van der Waals surface area contributed by atoms with E-state index < -0.39 is 29.4 Å². The second-order valence-corrected chi connectivity index (χ2v) is 6.41. The molecule has 1 N–H and O–H groups in total. The maximum absolute atomic E-state index is 12.8. The van der Waals surface area contributed by atoms with E-state index in [1.807, 2.05) is 0 Å². The third kappa shape index (κ3) is 4.01. The first-order chi connectivity index (χ1) is 8.84.